The Kier molecular flexibility index (Phi) is 6.74. The Bertz CT molecular complexity index is 726. The summed E-state index contributed by atoms with van der Waals surface area (Å²) in [6, 6.07) is 15.9. The summed E-state index contributed by atoms with van der Waals surface area (Å²) >= 11 is 3.37. The van der Waals surface area contributed by atoms with Crippen molar-refractivity contribution in [3.63, 3.8) is 0 Å². The van der Waals surface area contributed by atoms with Crippen molar-refractivity contribution in [3.05, 3.63) is 48.5 Å². The van der Waals surface area contributed by atoms with E-state index in [1.165, 1.54) is 0 Å². The molecule has 2 aromatic carbocycles. The highest BCUT2D eigenvalue weighted by molar-refractivity contribution is 7.99. The number of hydrogen-bond donors (Lipinski definition) is 1. The van der Waals surface area contributed by atoms with E-state index in [2.05, 4.69) is 11.4 Å². The van der Waals surface area contributed by atoms with Crippen molar-refractivity contribution in [3.8, 4) is 11.5 Å². The van der Waals surface area contributed by atoms with Gasteiger partial charge < -0.3 is 14.8 Å². The van der Waals surface area contributed by atoms with Crippen molar-refractivity contribution in [1.82, 2.24) is 5.32 Å². The minimum absolute atomic E-state index is 0.0126. The van der Waals surface area contributed by atoms with E-state index in [9.17, 15) is 4.79 Å². The van der Waals surface area contributed by atoms with Crippen LogP contribution in [0.15, 0.2) is 58.3 Å². The van der Waals surface area contributed by atoms with Gasteiger partial charge in [-0.1, -0.05) is 31.2 Å². The largest absolute Gasteiger partial charge is 0.496 e. The van der Waals surface area contributed by atoms with Crippen molar-refractivity contribution in [2.24, 2.45) is 5.92 Å². The molecule has 1 aliphatic heterocycles. The first kappa shape index (κ1) is 19.0. The number of thioether (sulfide) groups is 2. The third kappa shape index (κ3) is 4.89. The predicted octanol–water partition coefficient (Wildman–Crippen LogP) is 4.09. The molecule has 0 aliphatic carbocycles. The summed E-state index contributed by atoms with van der Waals surface area (Å²) in [6.45, 7) is 2.46. The highest BCUT2D eigenvalue weighted by Gasteiger charge is 2.22. The van der Waals surface area contributed by atoms with Crippen LogP contribution < -0.4 is 14.8 Å². The van der Waals surface area contributed by atoms with Gasteiger partial charge in [0.25, 0.3) is 0 Å². The quantitative estimate of drug-likeness (QED) is 0.754. The number of rotatable bonds is 6. The molecule has 2 aromatic rings. The van der Waals surface area contributed by atoms with Crippen LogP contribution in [0.25, 0.3) is 0 Å². The summed E-state index contributed by atoms with van der Waals surface area (Å²) < 4.78 is 11.2. The summed E-state index contributed by atoms with van der Waals surface area (Å²) in [5.74, 6) is 3.22. The summed E-state index contributed by atoms with van der Waals surface area (Å²) in [5.41, 5.74) is 0. The lowest BCUT2D eigenvalue weighted by molar-refractivity contribution is -0.124. The molecule has 0 saturated heterocycles. The molecule has 0 spiro atoms. The van der Waals surface area contributed by atoms with E-state index in [-0.39, 0.29) is 17.9 Å². The number of hydrogen-bond acceptors (Lipinski definition) is 5. The fourth-order valence-electron chi connectivity index (χ4n) is 2.57. The second-order valence-corrected chi connectivity index (χ2v) is 8.26. The molecule has 0 saturated carbocycles. The van der Waals surface area contributed by atoms with Crippen molar-refractivity contribution < 1.29 is 14.3 Å². The van der Waals surface area contributed by atoms with Gasteiger partial charge >= 0.3 is 0 Å². The summed E-state index contributed by atoms with van der Waals surface area (Å²) in [7, 11) is 1.66. The molecule has 0 aromatic heterocycles. The maximum Gasteiger partial charge on any atom is 0.224 e. The van der Waals surface area contributed by atoms with Gasteiger partial charge in [-0.25, -0.2) is 0 Å². The van der Waals surface area contributed by atoms with Crippen LogP contribution in [0.4, 0.5) is 0 Å². The third-order valence-electron chi connectivity index (χ3n) is 4.08. The number of nitrogens with one attached hydrogen (secondary N) is 1. The first-order chi connectivity index (χ1) is 12.7. The molecule has 1 amide bonds. The van der Waals surface area contributed by atoms with Crippen molar-refractivity contribution in [1.29, 1.82) is 0 Å². The van der Waals surface area contributed by atoms with Crippen LogP contribution in [0.1, 0.15) is 6.92 Å². The monoisotopic (exact) mass is 389 g/mol. The predicted molar refractivity (Wildman–Crippen MR) is 107 cm³/mol. The number of para-hydroxylation sites is 2. The molecule has 0 fully saturated rings. The lowest BCUT2D eigenvalue weighted by Crippen LogP contribution is -2.43. The second-order valence-electron chi connectivity index (χ2n) is 6.14. The fourth-order valence-corrected chi connectivity index (χ4v) is 4.63. The average Bonchev–Trinajstić information content (AvgIpc) is 2.89. The first-order valence-electron chi connectivity index (χ1n) is 8.58. The van der Waals surface area contributed by atoms with Gasteiger partial charge in [-0.2, -0.15) is 0 Å². The molecule has 1 N–H and O–H groups in total. The van der Waals surface area contributed by atoms with E-state index < -0.39 is 0 Å². The molecule has 2 atom stereocenters. The molecule has 138 valence electrons. The highest BCUT2D eigenvalue weighted by Crippen LogP contribution is 2.32. The van der Waals surface area contributed by atoms with Crippen molar-refractivity contribution in [2.75, 3.05) is 25.2 Å². The molecule has 6 heteroatoms. The minimum atomic E-state index is -0.0967. The van der Waals surface area contributed by atoms with Crippen molar-refractivity contribution >= 4 is 29.4 Å². The maximum absolute atomic E-state index is 12.6. The first-order valence-corrected chi connectivity index (χ1v) is 10.6. The van der Waals surface area contributed by atoms with E-state index in [1.54, 1.807) is 30.6 Å². The summed E-state index contributed by atoms with van der Waals surface area (Å²) in [6.07, 6.45) is 0. The van der Waals surface area contributed by atoms with Crippen LogP contribution in [-0.2, 0) is 4.79 Å². The molecule has 0 radical (unpaired) electrons. The van der Waals surface area contributed by atoms with Gasteiger partial charge in [0.05, 0.1) is 13.2 Å². The Labute approximate surface area is 163 Å². The van der Waals surface area contributed by atoms with Gasteiger partial charge in [0.2, 0.25) is 5.91 Å². The standard InChI is InChI=1S/C20H23NO3S2/c1-14(12-25-18-9-5-3-7-16(18)23-2)20(22)21-15-11-24-17-8-4-6-10-19(17)26-13-15/h3-10,14-15H,11-13H2,1-2H3,(H,21,22)/t14?,15-/m1/s1. The zero-order chi connectivity index (χ0) is 18.4. The summed E-state index contributed by atoms with van der Waals surface area (Å²) in [4.78, 5) is 14.7. The van der Waals surface area contributed by atoms with E-state index in [0.29, 0.717) is 12.4 Å². The van der Waals surface area contributed by atoms with E-state index >= 15 is 0 Å². The molecular weight excluding hydrogens is 366 g/mol. The SMILES string of the molecule is COc1ccccc1SCC(C)C(=O)N[C@@H]1COc2ccccc2SC1. The minimum Gasteiger partial charge on any atom is -0.496 e. The number of benzene rings is 2. The van der Waals surface area contributed by atoms with E-state index in [0.717, 1.165) is 27.0 Å². The molecule has 1 aliphatic rings. The third-order valence-corrected chi connectivity index (χ3v) is 6.61. The fraction of sp³-hybridized carbons (Fsp3) is 0.350. The van der Waals surface area contributed by atoms with Crippen LogP contribution in [0, 0.1) is 5.92 Å². The van der Waals surface area contributed by atoms with Crippen LogP contribution in [0.3, 0.4) is 0 Å². The van der Waals surface area contributed by atoms with Gasteiger partial charge in [0.15, 0.2) is 0 Å². The molecule has 1 unspecified atom stereocenters. The molecule has 0 bridgehead atoms. The normalized spacial score (nSPS) is 17.4. The average molecular weight is 390 g/mol. The van der Waals surface area contributed by atoms with Gasteiger partial charge in [-0.3, -0.25) is 4.79 Å². The molecule has 1 heterocycles. The second kappa shape index (κ2) is 9.24. The molecular formula is C20H23NO3S2. The van der Waals surface area contributed by atoms with Crippen LogP contribution in [0.2, 0.25) is 0 Å². The zero-order valence-corrected chi connectivity index (χ0v) is 16.6. The molecule has 4 nitrogen and oxygen atoms in total. The highest BCUT2D eigenvalue weighted by atomic mass is 32.2. The van der Waals surface area contributed by atoms with Crippen LogP contribution >= 0.6 is 23.5 Å². The Balaban J connectivity index is 1.50. The number of fused-ring (bicyclic) bond motifs is 1. The van der Waals surface area contributed by atoms with Crippen LogP contribution in [-0.4, -0.2) is 37.2 Å². The van der Waals surface area contributed by atoms with E-state index in [4.69, 9.17) is 9.47 Å². The Morgan fingerprint density at radius 2 is 2.08 bits per heavy atom. The number of carbonyl (C=O) groups excluding carboxylic acids is 1. The lowest BCUT2D eigenvalue weighted by atomic mass is 10.2. The Hall–Kier alpha value is -1.79. The Morgan fingerprint density at radius 3 is 2.92 bits per heavy atom. The van der Waals surface area contributed by atoms with Gasteiger partial charge in [0.1, 0.15) is 18.1 Å². The number of carbonyl (C=O) groups is 1. The van der Waals surface area contributed by atoms with Gasteiger partial charge in [0, 0.05) is 27.2 Å². The van der Waals surface area contributed by atoms with Gasteiger partial charge in [-0.15, -0.1) is 23.5 Å². The van der Waals surface area contributed by atoms with Gasteiger partial charge in [-0.05, 0) is 24.3 Å². The Morgan fingerprint density at radius 1 is 1.31 bits per heavy atom. The van der Waals surface area contributed by atoms with E-state index in [1.807, 2.05) is 49.4 Å². The lowest BCUT2D eigenvalue weighted by Gasteiger charge is -2.19. The van der Waals surface area contributed by atoms with Crippen molar-refractivity contribution in [2.45, 2.75) is 22.8 Å². The zero-order valence-electron chi connectivity index (χ0n) is 14.9. The topological polar surface area (TPSA) is 47.6 Å². The maximum atomic E-state index is 12.6. The number of ether oxygens (including phenoxy) is 2. The van der Waals surface area contributed by atoms with Crippen LogP contribution in [0.5, 0.6) is 11.5 Å². The molecule has 3 rings (SSSR count). The number of methoxy groups -OCH3 is 1. The molecule has 26 heavy (non-hydrogen) atoms. The summed E-state index contributed by atoms with van der Waals surface area (Å²) in [5, 5.41) is 3.13. The smallest absolute Gasteiger partial charge is 0.224 e. The number of amides is 1.